The van der Waals surface area contributed by atoms with E-state index in [1.165, 1.54) is 17.0 Å². The average molecular weight is 508 g/mol. The molecule has 0 fully saturated rings. The van der Waals surface area contributed by atoms with E-state index in [4.69, 9.17) is 4.74 Å². The topological polar surface area (TPSA) is 96.0 Å². The highest BCUT2D eigenvalue weighted by Crippen LogP contribution is 2.21. The molecule has 2 amide bonds. The Balaban J connectivity index is 2.42. The number of carbonyl (C=O) groups is 2. The van der Waals surface area contributed by atoms with Crippen LogP contribution in [0.4, 0.5) is 10.1 Å². The van der Waals surface area contributed by atoms with Crippen LogP contribution in [0.5, 0.6) is 5.75 Å². The molecule has 1 N–H and O–H groups in total. The Morgan fingerprint density at radius 2 is 1.63 bits per heavy atom. The number of anilines is 1. The number of methoxy groups -OCH3 is 1. The number of hydrogen-bond acceptors (Lipinski definition) is 5. The third-order valence-electron chi connectivity index (χ3n) is 5.69. The zero-order valence-electron chi connectivity index (χ0n) is 20.8. The van der Waals surface area contributed by atoms with Gasteiger partial charge in [-0.2, -0.15) is 0 Å². The second-order valence-electron chi connectivity index (χ2n) is 8.36. The maximum absolute atomic E-state index is 13.6. The van der Waals surface area contributed by atoms with Gasteiger partial charge in [-0.25, -0.2) is 12.8 Å². The van der Waals surface area contributed by atoms with E-state index >= 15 is 0 Å². The summed E-state index contributed by atoms with van der Waals surface area (Å²) < 4.78 is 44.6. The number of benzene rings is 2. The van der Waals surface area contributed by atoms with Gasteiger partial charge in [-0.15, -0.1) is 0 Å². The smallest absolute Gasteiger partial charge is 0.244 e. The summed E-state index contributed by atoms with van der Waals surface area (Å²) in [6, 6.07) is 11.0. The van der Waals surface area contributed by atoms with E-state index in [-0.39, 0.29) is 24.2 Å². The molecule has 0 unspecified atom stereocenters. The maximum Gasteiger partial charge on any atom is 0.244 e. The fourth-order valence-corrected chi connectivity index (χ4v) is 4.36. The van der Waals surface area contributed by atoms with Crippen molar-refractivity contribution >= 4 is 27.5 Å². The van der Waals surface area contributed by atoms with E-state index in [0.717, 1.165) is 34.7 Å². The SMILES string of the molecule is CC[C@H](C)NC(=O)[C@H](CC)N(Cc1ccc(OC)cc1)C(=O)CN(c1ccc(F)cc1)S(C)(=O)=O. The molecular formula is C25H34FN3O5S. The number of nitrogens with zero attached hydrogens (tertiary/aromatic N) is 2. The number of nitrogens with one attached hydrogen (secondary N) is 1. The van der Waals surface area contributed by atoms with Crippen molar-refractivity contribution in [3.8, 4) is 5.75 Å². The molecule has 2 aromatic carbocycles. The first-order chi connectivity index (χ1) is 16.5. The van der Waals surface area contributed by atoms with Crippen molar-refractivity contribution in [3.05, 3.63) is 59.9 Å². The first-order valence-corrected chi connectivity index (χ1v) is 13.3. The lowest BCUT2D eigenvalue weighted by molar-refractivity contribution is -0.140. The standard InChI is InChI=1S/C25H34FN3O5S/c1-6-18(3)27-25(31)23(7-2)28(16-19-8-14-22(34-4)15-9-19)24(30)17-29(35(5,32)33)21-12-10-20(26)11-13-21/h8-15,18,23H,6-7,16-17H2,1-5H3,(H,27,31)/t18-,23-/m0/s1. The van der Waals surface area contributed by atoms with Crippen molar-refractivity contribution in [2.24, 2.45) is 0 Å². The third kappa shape index (κ3) is 7.95. The van der Waals surface area contributed by atoms with Crippen molar-refractivity contribution in [2.75, 3.05) is 24.2 Å². The summed E-state index contributed by atoms with van der Waals surface area (Å²) in [7, 11) is -2.32. The average Bonchev–Trinajstić information content (AvgIpc) is 2.82. The van der Waals surface area contributed by atoms with Crippen molar-refractivity contribution in [1.29, 1.82) is 0 Å². The van der Waals surface area contributed by atoms with Gasteiger partial charge in [-0.05, 0) is 61.7 Å². The summed E-state index contributed by atoms with van der Waals surface area (Å²) in [6.07, 6.45) is 2.03. The van der Waals surface area contributed by atoms with E-state index in [9.17, 15) is 22.4 Å². The highest BCUT2D eigenvalue weighted by molar-refractivity contribution is 7.92. The molecule has 0 aliphatic rings. The molecule has 0 saturated heterocycles. The fourth-order valence-electron chi connectivity index (χ4n) is 3.51. The maximum atomic E-state index is 13.6. The molecule has 8 nitrogen and oxygen atoms in total. The van der Waals surface area contributed by atoms with Crippen LogP contribution in [0.1, 0.15) is 39.2 Å². The van der Waals surface area contributed by atoms with Gasteiger partial charge in [0, 0.05) is 12.6 Å². The van der Waals surface area contributed by atoms with E-state index < -0.39 is 34.3 Å². The summed E-state index contributed by atoms with van der Waals surface area (Å²) in [6.45, 7) is 5.17. The summed E-state index contributed by atoms with van der Waals surface area (Å²) in [5.74, 6) is -0.742. The minimum Gasteiger partial charge on any atom is -0.497 e. The molecule has 2 rings (SSSR count). The molecule has 0 bridgehead atoms. The molecule has 0 spiro atoms. The van der Waals surface area contributed by atoms with Gasteiger partial charge in [0.05, 0.1) is 19.1 Å². The van der Waals surface area contributed by atoms with Crippen LogP contribution in [0.25, 0.3) is 0 Å². The number of amides is 2. The van der Waals surface area contributed by atoms with Crippen LogP contribution in [-0.4, -0.2) is 57.1 Å². The Kier molecular flexibility index (Phi) is 10.1. The first-order valence-electron chi connectivity index (χ1n) is 11.5. The molecule has 0 aliphatic heterocycles. The van der Waals surface area contributed by atoms with Gasteiger partial charge in [0.25, 0.3) is 0 Å². The molecule has 2 atom stereocenters. The first kappa shape index (κ1) is 28.1. The minimum atomic E-state index is -3.87. The summed E-state index contributed by atoms with van der Waals surface area (Å²) in [5, 5.41) is 2.92. The van der Waals surface area contributed by atoms with Crippen LogP contribution in [0.15, 0.2) is 48.5 Å². The van der Waals surface area contributed by atoms with Gasteiger partial charge < -0.3 is 15.0 Å². The zero-order valence-corrected chi connectivity index (χ0v) is 21.6. The number of hydrogen-bond donors (Lipinski definition) is 1. The molecule has 0 aliphatic carbocycles. The number of sulfonamides is 1. The number of ether oxygens (including phenoxy) is 1. The number of halogens is 1. The Morgan fingerprint density at radius 1 is 1.03 bits per heavy atom. The monoisotopic (exact) mass is 507 g/mol. The summed E-state index contributed by atoms with van der Waals surface area (Å²) >= 11 is 0. The zero-order chi connectivity index (χ0) is 26.2. The summed E-state index contributed by atoms with van der Waals surface area (Å²) in [5.41, 5.74) is 0.908. The van der Waals surface area contributed by atoms with Crippen molar-refractivity contribution in [1.82, 2.24) is 10.2 Å². The molecule has 0 radical (unpaired) electrons. The van der Waals surface area contributed by atoms with Gasteiger partial charge in [0.1, 0.15) is 24.2 Å². The Morgan fingerprint density at radius 3 is 2.11 bits per heavy atom. The normalized spacial score (nSPS) is 13.0. The lowest BCUT2D eigenvalue weighted by Gasteiger charge is -2.33. The molecule has 35 heavy (non-hydrogen) atoms. The van der Waals surface area contributed by atoms with Gasteiger partial charge in [-0.1, -0.05) is 26.0 Å². The van der Waals surface area contributed by atoms with Crippen LogP contribution in [0.3, 0.4) is 0 Å². The molecule has 0 saturated carbocycles. The fraction of sp³-hybridized carbons (Fsp3) is 0.440. The predicted molar refractivity (Wildman–Crippen MR) is 134 cm³/mol. The van der Waals surface area contributed by atoms with Crippen LogP contribution in [-0.2, 0) is 26.2 Å². The third-order valence-corrected chi connectivity index (χ3v) is 6.83. The Bertz CT molecular complexity index is 1090. The minimum absolute atomic E-state index is 0.0822. The highest BCUT2D eigenvalue weighted by Gasteiger charge is 2.32. The number of rotatable bonds is 12. The molecule has 10 heteroatoms. The van der Waals surface area contributed by atoms with Crippen LogP contribution in [0, 0.1) is 5.82 Å². The Labute approximate surface area is 207 Å². The van der Waals surface area contributed by atoms with Gasteiger partial charge in [0.2, 0.25) is 21.8 Å². The second kappa shape index (κ2) is 12.5. The van der Waals surface area contributed by atoms with Crippen molar-refractivity contribution < 1.29 is 27.1 Å². The predicted octanol–water partition coefficient (Wildman–Crippen LogP) is 3.32. The van der Waals surface area contributed by atoms with Gasteiger partial charge >= 0.3 is 0 Å². The van der Waals surface area contributed by atoms with Gasteiger partial charge in [0.15, 0.2) is 0 Å². The van der Waals surface area contributed by atoms with Crippen molar-refractivity contribution in [2.45, 2.75) is 52.2 Å². The molecule has 2 aromatic rings. The van der Waals surface area contributed by atoms with E-state index in [1.807, 2.05) is 13.8 Å². The lowest BCUT2D eigenvalue weighted by Crippen LogP contribution is -2.53. The highest BCUT2D eigenvalue weighted by atomic mass is 32.2. The molecule has 192 valence electrons. The van der Waals surface area contributed by atoms with Crippen LogP contribution >= 0.6 is 0 Å². The lowest BCUT2D eigenvalue weighted by atomic mass is 10.1. The van der Waals surface area contributed by atoms with E-state index in [0.29, 0.717) is 12.2 Å². The van der Waals surface area contributed by atoms with E-state index in [1.54, 1.807) is 38.3 Å². The second-order valence-corrected chi connectivity index (χ2v) is 10.3. The quantitative estimate of drug-likeness (QED) is 0.476. The largest absolute Gasteiger partial charge is 0.497 e. The molecule has 0 aromatic heterocycles. The van der Waals surface area contributed by atoms with Gasteiger partial charge in [-0.3, -0.25) is 13.9 Å². The van der Waals surface area contributed by atoms with Crippen LogP contribution < -0.4 is 14.4 Å². The summed E-state index contributed by atoms with van der Waals surface area (Å²) in [4.78, 5) is 28.0. The van der Waals surface area contributed by atoms with Crippen LogP contribution in [0.2, 0.25) is 0 Å². The van der Waals surface area contributed by atoms with E-state index in [2.05, 4.69) is 5.32 Å². The Hall–Kier alpha value is -3.14. The molecular weight excluding hydrogens is 473 g/mol. The van der Waals surface area contributed by atoms with Crippen molar-refractivity contribution in [3.63, 3.8) is 0 Å². The molecule has 0 heterocycles. The number of carbonyl (C=O) groups excluding carboxylic acids is 2.